The van der Waals surface area contributed by atoms with Crippen LogP contribution in [-0.2, 0) is 14.3 Å². The molecule has 8 heteroatoms. The molecule has 1 aliphatic carbocycles. The number of ether oxygens (including phenoxy) is 2. The van der Waals surface area contributed by atoms with E-state index >= 15 is 0 Å². The second kappa shape index (κ2) is 9.37. The van der Waals surface area contributed by atoms with E-state index in [1.54, 1.807) is 20.8 Å². The number of fused-ring (bicyclic) bond motifs is 3. The summed E-state index contributed by atoms with van der Waals surface area (Å²) in [5.41, 5.74) is 3.77. The van der Waals surface area contributed by atoms with E-state index in [9.17, 15) is 19.5 Å². The zero-order chi connectivity index (χ0) is 24.5. The lowest BCUT2D eigenvalue weighted by Crippen LogP contribution is -2.41. The minimum Gasteiger partial charge on any atom is -0.481 e. The van der Waals surface area contributed by atoms with Crippen LogP contribution >= 0.6 is 0 Å². The van der Waals surface area contributed by atoms with E-state index in [-0.39, 0.29) is 38.7 Å². The van der Waals surface area contributed by atoms with Crippen molar-refractivity contribution in [2.24, 2.45) is 5.92 Å². The molecule has 4 rings (SSSR count). The Kier molecular flexibility index (Phi) is 6.50. The SMILES string of the molecule is CC(C)(C)OC(=O)N1CCN(C(=O)OCC2c3ccccc3-c3ccccc32)CC(C(=O)O)C1. The molecule has 1 heterocycles. The molecule has 1 N–H and O–H groups in total. The zero-order valence-corrected chi connectivity index (χ0v) is 19.7. The van der Waals surface area contributed by atoms with Gasteiger partial charge in [0.25, 0.3) is 0 Å². The van der Waals surface area contributed by atoms with Crippen LogP contribution in [0.1, 0.15) is 37.8 Å². The highest BCUT2D eigenvalue weighted by molar-refractivity contribution is 5.79. The van der Waals surface area contributed by atoms with Crippen molar-refractivity contribution in [3.8, 4) is 11.1 Å². The second-order valence-corrected chi connectivity index (χ2v) is 9.71. The Hall–Kier alpha value is -3.55. The zero-order valence-electron chi connectivity index (χ0n) is 19.7. The largest absolute Gasteiger partial charge is 0.481 e. The maximum absolute atomic E-state index is 13.0. The van der Waals surface area contributed by atoms with Gasteiger partial charge in [-0.25, -0.2) is 9.59 Å². The van der Waals surface area contributed by atoms with Crippen molar-refractivity contribution in [2.45, 2.75) is 32.3 Å². The molecule has 0 radical (unpaired) electrons. The van der Waals surface area contributed by atoms with Crippen LogP contribution in [0, 0.1) is 5.92 Å². The molecule has 0 bridgehead atoms. The third-order valence-corrected chi connectivity index (χ3v) is 6.12. The summed E-state index contributed by atoms with van der Waals surface area (Å²) in [7, 11) is 0. The first kappa shape index (κ1) is 23.6. The Morgan fingerprint density at radius 2 is 1.38 bits per heavy atom. The molecule has 1 aliphatic heterocycles. The summed E-state index contributed by atoms with van der Waals surface area (Å²) in [6.07, 6.45) is -1.17. The normalized spacial score (nSPS) is 18.0. The monoisotopic (exact) mass is 466 g/mol. The van der Waals surface area contributed by atoms with Crippen molar-refractivity contribution >= 4 is 18.2 Å². The van der Waals surface area contributed by atoms with Gasteiger partial charge < -0.3 is 24.4 Å². The second-order valence-electron chi connectivity index (χ2n) is 9.71. The summed E-state index contributed by atoms with van der Waals surface area (Å²) >= 11 is 0. The van der Waals surface area contributed by atoms with Crippen LogP contribution in [0.25, 0.3) is 11.1 Å². The third-order valence-electron chi connectivity index (χ3n) is 6.12. The Morgan fingerprint density at radius 1 is 0.882 bits per heavy atom. The number of carbonyl (C=O) groups excluding carboxylic acids is 2. The minimum atomic E-state index is -1.08. The van der Waals surface area contributed by atoms with Gasteiger partial charge in [0.1, 0.15) is 12.2 Å². The first-order valence-electron chi connectivity index (χ1n) is 11.4. The van der Waals surface area contributed by atoms with Crippen LogP contribution in [0.2, 0.25) is 0 Å². The summed E-state index contributed by atoms with van der Waals surface area (Å²) in [5, 5.41) is 9.66. The average Bonchev–Trinajstić information content (AvgIpc) is 2.93. The van der Waals surface area contributed by atoms with Crippen molar-refractivity contribution in [3.63, 3.8) is 0 Å². The lowest BCUT2D eigenvalue weighted by atomic mass is 9.98. The average molecular weight is 467 g/mol. The predicted octanol–water partition coefficient (Wildman–Crippen LogP) is 4.19. The fourth-order valence-corrected chi connectivity index (χ4v) is 4.51. The van der Waals surface area contributed by atoms with E-state index in [1.165, 1.54) is 9.80 Å². The number of aliphatic carboxylic acids is 1. The maximum atomic E-state index is 13.0. The molecule has 2 aromatic rings. The standard InChI is InChI=1S/C26H30N2O6/c1-26(2,3)34-25(32)28-13-12-27(14-17(15-28)23(29)30)24(31)33-16-22-20-10-6-4-8-18(20)19-9-5-7-11-21(19)22/h4-11,17,22H,12-16H2,1-3H3,(H,29,30). The van der Waals surface area contributed by atoms with Crippen molar-refractivity contribution in [3.05, 3.63) is 59.7 Å². The van der Waals surface area contributed by atoms with Gasteiger partial charge in [-0.15, -0.1) is 0 Å². The number of carboxylic acid groups (broad SMARTS) is 1. The van der Waals surface area contributed by atoms with Gasteiger partial charge in [-0.3, -0.25) is 4.79 Å². The molecule has 1 atom stereocenters. The van der Waals surface area contributed by atoms with Crippen molar-refractivity contribution < 1.29 is 29.0 Å². The van der Waals surface area contributed by atoms with Crippen molar-refractivity contribution in [1.82, 2.24) is 9.80 Å². The van der Waals surface area contributed by atoms with Crippen LogP contribution in [0.4, 0.5) is 9.59 Å². The molecule has 0 spiro atoms. The number of carboxylic acids is 1. The topological polar surface area (TPSA) is 96.4 Å². The van der Waals surface area contributed by atoms with Gasteiger partial charge in [-0.05, 0) is 43.0 Å². The van der Waals surface area contributed by atoms with Crippen LogP contribution in [0.15, 0.2) is 48.5 Å². The number of carbonyl (C=O) groups is 3. The molecule has 1 fully saturated rings. The van der Waals surface area contributed by atoms with Crippen LogP contribution in [-0.4, -0.2) is 71.4 Å². The Bertz CT molecular complexity index is 1050. The summed E-state index contributed by atoms with van der Waals surface area (Å²) in [5.74, 6) is -2.10. The molecule has 1 saturated heterocycles. The number of amides is 2. The number of hydrogen-bond donors (Lipinski definition) is 1. The number of rotatable bonds is 3. The smallest absolute Gasteiger partial charge is 0.410 e. The number of hydrogen-bond acceptors (Lipinski definition) is 5. The molecular formula is C26H30N2O6. The van der Waals surface area contributed by atoms with Gasteiger partial charge >= 0.3 is 18.2 Å². The molecule has 8 nitrogen and oxygen atoms in total. The van der Waals surface area contributed by atoms with Gasteiger partial charge in [0.05, 0.1) is 5.92 Å². The summed E-state index contributed by atoms with van der Waals surface area (Å²) in [4.78, 5) is 40.0. The highest BCUT2D eigenvalue weighted by Crippen LogP contribution is 2.44. The summed E-state index contributed by atoms with van der Waals surface area (Å²) in [6.45, 7) is 5.67. The molecule has 180 valence electrons. The maximum Gasteiger partial charge on any atom is 0.410 e. The molecule has 2 aliphatic rings. The quantitative estimate of drug-likeness (QED) is 0.729. The predicted molar refractivity (Wildman–Crippen MR) is 126 cm³/mol. The van der Waals surface area contributed by atoms with E-state index in [1.807, 2.05) is 36.4 Å². The van der Waals surface area contributed by atoms with E-state index in [0.29, 0.717) is 0 Å². The molecule has 0 aromatic heterocycles. The van der Waals surface area contributed by atoms with E-state index in [2.05, 4.69) is 12.1 Å². The van der Waals surface area contributed by atoms with Crippen molar-refractivity contribution in [2.75, 3.05) is 32.8 Å². The fraction of sp³-hybridized carbons (Fsp3) is 0.423. The first-order valence-corrected chi connectivity index (χ1v) is 11.4. The molecule has 2 aromatic carbocycles. The lowest BCUT2D eigenvalue weighted by molar-refractivity contribution is -0.142. The van der Waals surface area contributed by atoms with Crippen LogP contribution in [0.5, 0.6) is 0 Å². The number of benzene rings is 2. The molecular weight excluding hydrogens is 436 g/mol. The van der Waals surface area contributed by atoms with Crippen LogP contribution < -0.4 is 0 Å². The van der Waals surface area contributed by atoms with Gasteiger partial charge in [0, 0.05) is 32.1 Å². The lowest BCUT2D eigenvalue weighted by Gasteiger charge is -2.27. The minimum absolute atomic E-state index is 0.0304. The third kappa shape index (κ3) is 5.00. The van der Waals surface area contributed by atoms with E-state index in [0.717, 1.165) is 22.3 Å². The van der Waals surface area contributed by atoms with Gasteiger partial charge in [-0.2, -0.15) is 0 Å². The summed E-state index contributed by atoms with van der Waals surface area (Å²) in [6, 6.07) is 16.1. The number of nitrogens with zero attached hydrogens (tertiary/aromatic N) is 2. The molecule has 1 unspecified atom stereocenters. The van der Waals surface area contributed by atoms with E-state index in [4.69, 9.17) is 9.47 Å². The molecule has 2 amide bonds. The fourth-order valence-electron chi connectivity index (χ4n) is 4.51. The Labute approximate surface area is 199 Å². The van der Waals surface area contributed by atoms with Crippen molar-refractivity contribution in [1.29, 1.82) is 0 Å². The molecule has 34 heavy (non-hydrogen) atoms. The first-order chi connectivity index (χ1) is 16.1. The van der Waals surface area contributed by atoms with Gasteiger partial charge in [0.15, 0.2) is 0 Å². The highest BCUT2D eigenvalue weighted by Gasteiger charge is 2.35. The molecule has 0 saturated carbocycles. The van der Waals surface area contributed by atoms with Gasteiger partial charge in [-0.1, -0.05) is 48.5 Å². The summed E-state index contributed by atoms with van der Waals surface area (Å²) < 4.78 is 11.1. The Morgan fingerprint density at radius 3 is 1.88 bits per heavy atom. The highest BCUT2D eigenvalue weighted by atomic mass is 16.6. The van der Waals surface area contributed by atoms with Gasteiger partial charge in [0.2, 0.25) is 0 Å². The Balaban J connectivity index is 1.45. The van der Waals surface area contributed by atoms with E-state index < -0.39 is 29.7 Å². The van der Waals surface area contributed by atoms with Crippen LogP contribution in [0.3, 0.4) is 0 Å².